The third-order valence-corrected chi connectivity index (χ3v) is 6.05. The summed E-state index contributed by atoms with van der Waals surface area (Å²) in [5.41, 5.74) is 5.25. The van der Waals surface area contributed by atoms with Gasteiger partial charge in [-0.1, -0.05) is 23.7 Å². The van der Waals surface area contributed by atoms with Crippen molar-refractivity contribution < 1.29 is 18.0 Å². The summed E-state index contributed by atoms with van der Waals surface area (Å²) in [7, 11) is -3.81. The Balaban J connectivity index is 1.85. The molecule has 3 rings (SSSR count). The molecule has 0 aliphatic carbocycles. The number of nitrogens with one attached hydrogen (secondary N) is 3. The molecule has 0 atom stereocenters. The normalized spacial score (nSPS) is 11.1. The molecule has 150 valence electrons. The van der Waals surface area contributed by atoms with Crippen LogP contribution < -0.4 is 15.6 Å². The predicted octanol–water partition coefficient (Wildman–Crippen LogP) is 3.68. The molecule has 0 aliphatic heterocycles. The molecule has 3 aromatic rings. The number of carbonyl (C=O) groups is 2. The van der Waals surface area contributed by atoms with E-state index in [9.17, 15) is 18.0 Å². The molecule has 0 saturated carbocycles. The fourth-order valence-electron chi connectivity index (χ4n) is 2.57. The SMILES string of the molecule is CC(=O)NNC(=O)c1ccc2cc(NS(=O)(=O)c3cc(Cl)cc(I)c3)ccc2c1. The van der Waals surface area contributed by atoms with Gasteiger partial charge in [-0.25, -0.2) is 8.42 Å². The Morgan fingerprint density at radius 3 is 2.31 bits per heavy atom. The summed E-state index contributed by atoms with van der Waals surface area (Å²) in [4.78, 5) is 23.0. The Kier molecular flexibility index (Phi) is 6.30. The highest BCUT2D eigenvalue weighted by molar-refractivity contribution is 14.1. The van der Waals surface area contributed by atoms with Gasteiger partial charge in [0.05, 0.1) is 4.90 Å². The lowest BCUT2D eigenvalue weighted by Crippen LogP contribution is -2.40. The minimum Gasteiger partial charge on any atom is -0.280 e. The van der Waals surface area contributed by atoms with Crippen molar-refractivity contribution in [1.82, 2.24) is 10.9 Å². The molecule has 0 bridgehead atoms. The maximum absolute atomic E-state index is 12.7. The average molecular weight is 544 g/mol. The van der Waals surface area contributed by atoms with Gasteiger partial charge in [0, 0.05) is 26.8 Å². The molecule has 3 aromatic carbocycles. The molecule has 0 spiro atoms. The first kappa shape index (κ1) is 21.3. The summed E-state index contributed by atoms with van der Waals surface area (Å²) in [5.74, 6) is -0.840. The van der Waals surface area contributed by atoms with Crippen LogP contribution in [0.3, 0.4) is 0 Å². The molecule has 0 aliphatic rings. The number of hydrazine groups is 1. The van der Waals surface area contributed by atoms with E-state index in [4.69, 9.17) is 11.6 Å². The largest absolute Gasteiger partial charge is 0.280 e. The molecule has 29 heavy (non-hydrogen) atoms. The number of rotatable bonds is 4. The third-order valence-electron chi connectivity index (χ3n) is 3.85. The van der Waals surface area contributed by atoms with Gasteiger partial charge in [0.15, 0.2) is 0 Å². The highest BCUT2D eigenvalue weighted by Gasteiger charge is 2.16. The van der Waals surface area contributed by atoms with Crippen LogP contribution in [0.4, 0.5) is 5.69 Å². The number of hydrogen-bond acceptors (Lipinski definition) is 4. The van der Waals surface area contributed by atoms with Crippen LogP contribution in [0.25, 0.3) is 10.8 Å². The fraction of sp³-hybridized carbons (Fsp3) is 0.0526. The topological polar surface area (TPSA) is 104 Å². The summed E-state index contributed by atoms with van der Waals surface area (Å²) in [6, 6.07) is 14.5. The first-order valence-electron chi connectivity index (χ1n) is 8.24. The fourth-order valence-corrected chi connectivity index (χ4v) is 5.05. The lowest BCUT2D eigenvalue weighted by Gasteiger charge is -2.11. The zero-order chi connectivity index (χ0) is 21.2. The van der Waals surface area contributed by atoms with Crippen molar-refractivity contribution in [3.63, 3.8) is 0 Å². The number of halogens is 2. The highest BCUT2D eigenvalue weighted by atomic mass is 127. The van der Waals surface area contributed by atoms with Crippen molar-refractivity contribution in [2.45, 2.75) is 11.8 Å². The minimum atomic E-state index is -3.81. The summed E-state index contributed by atoms with van der Waals surface area (Å²) in [6.07, 6.45) is 0. The van der Waals surface area contributed by atoms with Gasteiger partial charge >= 0.3 is 0 Å². The smallest absolute Gasteiger partial charge is 0.269 e. The Hall–Kier alpha value is -2.37. The quantitative estimate of drug-likeness (QED) is 0.345. The first-order valence-corrected chi connectivity index (χ1v) is 11.2. The van der Waals surface area contributed by atoms with E-state index in [2.05, 4.69) is 15.6 Å². The van der Waals surface area contributed by atoms with Crippen molar-refractivity contribution >= 4 is 72.5 Å². The summed E-state index contributed by atoms with van der Waals surface area (Å²) >= 11 is 7.96. The van der Waals surface area contributed by atoms with Gasteiger partial charge in [-0.2, -0.15) is 0 Å². The van der Waals surface area contributed by atoms with Gasteiger partial charge in [0.25, 0.3) is 15.9 Å². The molecule has 10 heteroatoms. The van der Waals surface area contributed by atoms with Gasteiger partial charge in [0.2, 0.25) is 5.91 Å². The summed E-state index contributed by atoms with van der Waals surface area (Å²) in [6.45, 7) is 1.29. The average Bonchev–Trinajstić information content (AvgIpc) is 2.64. The number of hydrogen-bond donors (Lipinski definition) is 3. The Morgan fingerprint density at radius 2 is 1.62 bits per heavy atom. The van der Waals surface area contributed by atoms with Crippen LogP contribution in [0.2, 0.25) is 5.02 Å². The molecule has 0 fully saturated rings. The lowest BCUT2D eigenvalue weighted by atomic mass is 10.1. The number of anilines is 1. The van der Waals surface area contributed by atoms with Gasteiger partial charge < -0.3 is 0 Å². The van der Waals surface area contributed by atoms with Crippen molar-refractivity contribution in [3.05, 3.63) is 68.8 Å². The molecule has 0 radical (unpaired) electrons. The van der Waals surface area contributed by atoms with E-state index in [1.807, 2.05) is 22.6 Å². The second-order valence-electron chi connectivity index (χ2n) is 6.12. The zero-order valence-corrected chi connectivity index (χ0v) is 18.7. The molecule has 0 unspecified atom stereocenters. The van der Waals surface area contributed by atoms with Crippen molar-refractivity contribution in [3.8, 4) is 0 Å². The number of sulfonamides is 1. The maximum atomic E-state index is 12.7. The monoisotopic (exact) mass is 543 g/mol. The summed E-state index contributed by atoms with van der Waals surface area (Å²) in [5, 5.41) is 1.81. The number of benzene rings is 3. The van der Waals surface area contributed by atoms with Gasteiger partial charge in [0.1, 0.15) is 0 Å². The van der Waals surface area contributed by atoms with Crippen LogP contribution in [0.15, 0.2) is 59.5 Å². The molecule has 0 aromatic heterocycles. The maximum Gasteiger partial charge on any atom is 0.269 e. The molecule has 2 amide bonds. The van der Waals surface area contributed by atoms with E-state index in [1.54, 1.807) is 42.5 Å². The molecule has 3 N–H and O–H groups in total. The Morgan fingerprint density at radius 1 is 0.931 bits per heavy atom. The number of amides is 2. The van der Waals surface area contributed by atoms with E-state index >= 15 is 0 Å². The number of carbonyl (C=O) groups excluding carboxylic acids is 2. The van der Waals surface area contributed by atoms with Crippen molar-refractivity contribution in [2.75, 3.05) is 4.72 Å². The van der Waals surface area contributed by atoms with E-state index in [-0.39, 0.29) is 10.8 Å². The first-order chi connectivity index (χ1) is 13.6. The van der Waals surface area contributed by atoms with Crippen LogP contribution >= 0.6 is 34.2 Å². The van der Waals surface area contributed by atoms with Gasteiger partial charge in [-0.3, -0.25) is 25.2 Å². The van der Waals surface area contributed by atoms with E-state index in [0.29, 0.717) is 19.8 Å². The minimum absolute atomic E-state index is 0.0690. The molecule has 0 heterocycles. The van der Waals surface area contributed by atoms with E-state index in [1.165, 1.54) is 19.1 Å². The van der Waals surface area contributed by atoms with Crippen LogP contribution in [0.5, 0.6) is 0 Å². The van der Waals surface area contributed by atoms with Crippen LogP contribution in [-0.4, -0.2) is 20.2 Å². The Labute approximate surface area is 186 Å². The van der Waals surface area contributed by atoms with Crippen LogP contribution in [0.1, 0.15) is 17.3 Å². The highest BCUT2D eigenvalue weighted by Crippen LogP contribution is 2.25. The number of fused-ring (bicyclic) bond motifs is 1. The second-order valence-corrected chi connectivity index (χ2v) is 9.49. The van der Waals surface area contributed by atoms with E-state index < -0.39 is 15.9 Å². The standard InChI is InChI=1S/C19H15ClIN3O4S/c1-11(25)22-23-19(26)14-3-2-13-7-17(5-4-12(13)6-14)24-29(27,28)18-9-15(20)8-16(21)10-18/h2-10,24H,1H3,(H,22,25)(H,23,26). The zero-order valence-electron chi connectivity index (χ0n) is 15.0. The molecule has 7 nitrogen and oxygen atoms in total. The molecule has 0 saturated heterocycles. The Bertz CT molecular complexity index is 1210. The van der Waals surface area contributed by atoms with Crippen molar-refractivity contribution in [1.29, 1.82) is 0 Å². The second kappa shape index (κ2) is 8.56. The van der Waals surface area contributed by atoms with E-state index in [0.717, 1.165) is 10.8 Å². The van der Waals surface area contributed by atoms with Crippen molar-refractivity contribution in [2.24, 2.45) is 0 Å². The summed E-state index contributed by atoms with van der Waals surface area (Å²) < 4.78 is 28.5. The van der Waals surface area contributed by atoms with Gasteiger partial charge in [-0.05, 0) is 75.8 Å². The van der Waals surface area contributed by atoms with Crippen LogP contribution in [0, 0.1) is 3.57 Å². The van der Waals surface area contributed by atoms with Gasteiger partial charge in [-0.15, -0.1) is 0 Å². The molecular weight excluding hydrogens is 529 g/mol. The lowest BCUT2D eigenvalue weighted by molar-refractivity contribution is -0.119. The molecular formula is C19H15ClIN3O4S. The predicted molar refractivity (Wildman–Crippen MR) is 120 cm³/mol. The van der Waals surface area contributed by atoms with Crippen LogP contribution in [-0.2, 0) is 14.8 Å². The third kappa shape index (κ3) is 5.37.